The second-order valence-electron chi connectivity index (χ2n) is 6.19. The highest BCUT2D eigenvalue weighted by Gasteiger charge is 2.39. The fourth-order valence-electron chi connectivity index (χ4n) is 3.41. The minimum absolute atomic E-state index is 0.103. The fourth-order valence-corrected chi connectivity index (χ4v) is 3.41. The van der Waals surface area contributed by atoms with Gasteiger partial charge in [0, 0.05) is 41.7 Å². The van der Waals surface area contributed by atoms with Crippen LogP contribution in [0.5, 0.6) is 0 Å². The zero-order chi connectivity index (χ0) is 17.1. The van der Waals surface area contributed by atoms with Gasteiger partial charge in [-0.3, -0.25) is 9.78 Å². The maximum absolute atomic E-state index is 12.7. The number of hydrogen-bond acceptors (Lipinski definition) is 5. The summed E-state index contributed by atoms with van der Waals surface area (Å²) in [6.07, 6.45) is 6.36. The number of allylic oxidation sites excluding steroid dienone is 3. The Morgan fingerprint density at radius 3 is 2.96 bits per heavy atom. The molecule has 0 saturated carbocycles. The molecule has 1 N–H and O–H groups in total. The standard InChI is InChI=1S/C19H22N2O3/c1-3-10-24-19(23)16-12(2)21-14-7-4-8-15(22)18(14)17(16)13-6-5-9-20-11-13/h5-6,9,11,17,21H,3-4,7-8,10H2,1-2H3/t17-/m1/s1. The number of pyridine rings is 1. The van der Waals surface area contributed by atoms with Crippen LogP contribution < -0.4 is 5.32 Å². The molecule has 0 unspecified atom stereocenters. The third-order valence-corrected chi connectivity index (χ3v) is 4.45. The van der Waals surface area contributed by atoms with Gasteiger partial charge in [0.25, 0.3) is 0 Å². The molecule has 5 nitrogen and oxygen atoms in total. The molecule has 1 aliphatic heterocycles. The lowest BCUT2D eigenvalue weighted by Gasteiger charge is -2.34. The highest BCUT2D eigenvalue weighted by molar-refractivity contribution is 6.03. The lowest BCUT2D eigenvalue weighted by Crippen LogP contribution is -2.34. The zero-order valence-corrected chi connectivity index (χ0v) is 14.1. The fraction of sp³-hybridized carbons (Fsp3) is 0.421. The molecular weight excluding hydrogens is 304 g/mol. The van der Waals surface area contributed by atoms with Crippen LogP contribution in [0, 0.1) is 0 Å². The average molecular weight is 326 g/mol. The highest BCUT2D eigenvalue weighted by atomic mass is 16.5. The molecule has 0 saturated heterocycles. The van der Waals surface area contributed by atoms with E-state index in [0.29, 0.717) is 24.2 Å². The van der Waals surface area contributed by atoms with Gasteiger partial charge in [0.1, 0.15) is 0 Å². The van der Waals surface area contributed by atoms with Gasteiger partial charge in [0.2, 0.25) is 0 Å². The summed E-state index contributed by atoms with van der Waals surface area (Å²) < 4.78 is 5.38. The van der Waals surface area contributed by atoms with Crippen LogP contribution in [0.4, 0.5) is 0 Å². The summed E-state index contributed by atoms with van der Waals surface area (Å²) in [4.78, 5) is 29.4. The van der Waals surface area contributed by atoms with Crippen molar-refractivity contribution in [2.24, 2.45) is 0 Å². The first-order chi connectivity index (χ1) is 11.6. The van der Waals surface area contributed by atoms with Gasteiger partial charge in [0.05, 0.1) is 12.2 Å². The van der Waals surface area contributed by atoms with Crippen molar-refractivity contribution in [3.8, 4) is 0 Å². The summed E-state index contributed by atoms with van der Waals surface area (Å²) in [6, 6.07) is 3.74. The molecule has 0 radical (unpaired) electrons. The maximum atomic E-state index is 12.7. The van der Waals surface area contributed by atoms with Crippen molar-refractivity contribution in [2.45, 2.75) is 45.4 Å². The maximum Gasteiger partial charge on any atom is 0.336 e. The molecule has 0 amide bonds. The van der Waals surface area contributed by atoms with Crippen LogP contribution in [-0.4, -0.2) is 23.3 Å². The van der Waals surface area contributed by atoms with Crippen LogP contribution in [0.3, 0.4) is 0 Å². The van der Waals surface area contributed by atoms with Crippen molar-refractivity contribution >= 4 is 11.8 Å². The molecule has 2 aliphatic rings. The molecule has 1 aromatic heterocycles. The number of rotatable bonds is 4. The van der Waals surface area contributed by atoms with Gasteiger partial charge in [-0.2, -0.15) is 0 Å². The highest BCUT2D eigenvalue weighted by Crippen LogP contribution is 2.42. The number of carbonyl (C=O) groups is 2. The van der Waals surface area contributed by atoms with Crippen LogP contribution in [0.2, 0.25) is 0 Å². The molecule has 0 fully saturated rings. The Labute approximate surface area is 141 Å². The normalized spacial score (nSPS) is 20.6. The number of ether oxygens (including phenoxy) is 1. The largest absolute Gasteiger partial charge is 0.462 e. The second-order valence-corrected chi connectivity index (χ2v) is 6.19. The minimum atomic E-state index is -0.396. The number of ketones is 1. The van der Waals surface area contributed by atoms with E-state index < -0.39 is 5.92 Å². The van der Waals surface area contributed by atoms with E-state index in [-0.39, 0.29) is 11.8 Å². The van der Waals surface area contributed by atoms with E-state index in [9.17, 15) is 9.59 Å². The Morgan fingerprint density at radius 1 is 1.42 bits per heavy atom. The van der Waals surface area contributed by atoms with E-state index >= 15 is 0 Å². The number of nitrogens with one attached hydrogen (secondary N) is 1. The number of carbonyl (C=O) groups excluding carboxylic acids is 2. The Hall–Kier alpha value is -2.43. The SMILES string of the molecule is CCCOC(=O)C1=C(C)NC2=C(C(=O)CCC2)[C@@H]1c1cccnc1. The number of aromatic nitrogens is 1. The van der Waals surface area contributed by atoms with E-state index in [1.165, 1.54) is 0 Å². The molecule has 1 aromatic rings. The summed E-state index contributed by atoms with van der Waals surface area (Å²) in [5.74, 6) is -0.654. The topological polar surface area (TPSA) is 68.3 Å². The van der Waals surface area contributed by atoms with Crippen molar-refractivity contribution in [3.63, 3.8) is 0 Å². The summed E-state index contributed by atoms with van der Waals surface area (Å²) in [5, 5.41) is 3.27. The van der Waals surface area contributed by atoms with Crippen LogP contribution >= 0.6 is 0 Å². The first kappa shape index (κ1) is 16.4. The van der Waals surface area contributed by atoms with E-state index in [4.69, 9.17) is 4.74 Å². The predicted octanol–water partition coefficient (Wildman–Crippen LogP) is 3.00. The van der Waals surface area contributed by atoms with Gasteiger partial charge in [-0.15, -0.1) is 0 Å². The predicted molar refractivity (Wildman–Crippen MR) is 89.9 cm³/mol. The van der Waals surface area contributed by atoms with Gasteiger partial charge in [-0.05, 0) is 37.8 Å². The van der Waals surface area contributed by atoms with E-state index in [0.717, 1.165) is 36.2 Å². The number of hydrogen-bond donors (Lipinski definition) is 1. The van der Waals surface area contributed by atoms with Gasteiger partial charge in [-0.25, -0.2) is 4.79 Å². The third kappa shape index (κ3) is 2.98. The van der Waals surface area contributed by atoms with Crippen molar-refractivity contribution in [1.29, 1.82) is 0 Å². The third-order valence-electron chi connectivity index (χ3n) is 4.45. The molecule has 126 valence electrons. The summed E-state index contributed by atoms with van der Waals surface area (Å²) in [5.41, 5.74) is 3.77. The smallest absolute Gasteiger partial charge is 0.336 e. The molecule has 1 aliphatic carbocycles. The number of nitrogens with zero attached hydrogens (tertiary/aromatic N) is 1. The Bertz CT molecular complexity index is 719. The monoisotopic (exact) mass is 326 g/mol. The number of dihydropyridines is 1. The Kier molecular flexibility index (Phi) is 4.79. The van der Waals surface area contributed by atoms with Crippen LogP contribution in [0.1, 0.15) is 51.0 Å². The molecule has 0 spiro atoms. The second kappa shape index (κ2) is 6.99. The van der Waals surface area contributed by atoms with E-state index in [1.807, 2.05) is 26.0 Å². The van der Waals surface area contributed by atoms with Crippen LogP contribution in [0.25, 0.3) is 0 Å². The molecule has 0 aromatic carbocycles. The quantitative estimate of drug-likeness (QED) is 0.862. The number of esters is 1. The van der Waals surface area contributed by atoms with Crippen molar-refractivity contribution in [1.82, 2.24) is 10.3 Å². The van der Waals surface area contributed by atoms with Gasteiger partial charge in [-0.1, -0.05) is 13.0 Å². The van der Waals surface area contributed by atoms with Crippen LogP contribution in [0.15, 0.2) is 47.1 Å². The van der Waals surface area contributed by atoms with Gasteiger partial charge in [0.15, 0.2) is 5.78 Å². The Balaban J connectivity index is 2.09. The first-order valence-electron chi connectivity index (χ1n) is 8.44. The Morgan fingerprint density at radius 2 is 2.25 bits per heavy atom. The lowest BCUT2D eigenvalue weighted by molar-refractivity contribution is -0.139. The van der Waals surface area contributed by atoms with Crippen molar-refractivity contribution < 1.29 is 14.3 Å². The van der Waals surface area contributed by atoms with Crippen molar-refractivity contribution in [3.05, 3.63) is 52.6 Å². The minimum Gasteiger partial charge on any atom is -0.462 e. The van der Waals surface area contributed by atoms with E-state index in [2.05, 4.69) is 10.3 Å². The molecule has 1 atom stereocenters. The first-order valence-corrected chi connectivity index (χ1v) is 8.44. The molecule has 5 heteroatoms. The molecule has 0 bridgehead atoms. The lowest BCUT2D eigenvalue weighted by atomic mass is 9.75. The summed E-state index contributed by atoms with van der Waals surface area (Å²) >= 11 is 0. The van der Waals surface area contributed by atoms with Crippen molar-refractivity contribution in [2.75, 3.05) is 6.61 Å². The average Bonchev–Trinajstić information content (AvgIpc) is 2.59. The van der Waals surface area contributed by atoms with E-state index in [1.54, 1.807) is 12.4 Å². The molecule has 24 heavy (non-hydrogen) atoms. The van der Waals surface area contributed by atoms with Crippen LogP contribution in [-0.2, 0) is 14.3 Å². The van der Waals surface area contributed by atoms with Gasteiger partial charge >= 0.3 is 5.97 Å². The number of Topliss-reactive ketones (excluding diaryl/α,β-unsaturated/α-hetero) is 1. The summed E-state index contributed by atoms with van der Waals surface area (Å²) in [6.45, 7) is 4.20. The van der Waals surface area contributed by atoms with Gasteiger partial charge < -0.3 is 10.1 Å². The summed E-state index contributed by atoms with van der Waals surface area (Å²) in [7, 11) is 0. The molecular formula is C19H22N2O3. The molecule has 3 rings (SSSR count). The zero-order valence-electron chi connectivity index (χ0n) is 14.1. The molecule has 2 heterocycles.